The van der Waals surface area contributed by atoms with E-state index < -0.39 is 0 Å². The Morgan fingerprint density at radius 2 is 1.90 bits per heavy atom. The third-order valence-corrected chi connectivity index (χ3v) is 3.33. The normalized spacial score (nSPS) is 11.0. The highest BCUT2D eigenvalue weighted by Crippen LogP contribution is 2.11. The van der Waals surface area contributed by atoms with Gasteiger partial charge >= 0.3 is 0 Å². The Bertz CT molecular complexity index is 641. The molecule has 0 radical (unpaired) electrons. The molecule has 0 saturated heterocycles. The quantitative estimate of drug-likeness (QED) is 0.512. The molecule has 0 amide bonds. The standard InChI is InChI=1S/C16H16ClN3S/c1-12(14-8-5-9-15(17)10-14)19-20-16(21)18-11-13-6-3-2-4-7-13/h2-10H,11H2,1H3,(H2,18,20,21)/b19-12-. The van der Waals surface area contributed by atoms with E-state index in [2.05, 4.69) is 15.8 Å². The highest BCUT2D eigenvalue weighted by atomic mass is 35.5. The lowest BCUT2D eigenvalue weighted by Crippen LogP contribution is -2.32. The highest BCUT2D eigenvalue weighted by Gasteiger charge is 1.99. The van der Waals surface area contributed by atoms with Crippen LogP contribution < -0.4 is 10.7 Å². The summed E-state index contributed by atoms with van der Waals surface area (Å²) < 4.78 is 0. The van der Waals surface area contributed by atoms with E-state index in [4.69, 9.17) is 23.8 Å². The van der Waals surface area contributed by atoms with E-state index in [9.17, 15) is 0 Å². The minimum atomic E-state index is 0.486. The topological polar surface area (TPSA) is 36.4 Å². The molecule has 2 aromatic carbocycles. The van der Waals surface area contributed by atoms with Crippen molar-refractivity contribution in [3.63, 3.8) is 0 Å². The van der Waals surface area contributed by atoms with Gasteiger partial charge in [-0.3, -0.25) is 5.43 Å². The number of hydrogen-bond donors (Lipinski definition) is 2. The van der Waals surface area contributed by atoms with Gasteiger partial charge in [0.25, 0.3) is 0 Å². The molecule has 0 aromatic heterocycles. The van der Waals surface area contributed by atoms with Crippen molar-refractivity contribution in [1.29, 1.82) is 0 Å². The fraction of sp³-hybridized carbons (Fsp3) is 0.125. The molecule has 2 rings (SSSR count). The molecule has 0 heterocycles. The van der Waals surface area contributed by atoms with Crippen LogP contribution in [0.25, 0.3) is 0 Å². The van der Waals surface area contributed by atoms with E-state index in [1.807, 2.05) is 61.5 Å². The third kappa shape index (κ3) is 5.17. The van der Waals surface area contributed by atoms with Crippen LogP contribution in [0.4, 0.5) is 0 Å². The predicted octanol–water partition coefficient (Wildman–Crippen LogP) is 3.73. The van der Waals surface area contributed by atoms with Gasteiger partial charge in [-0.05, 0) is 42.4 Å². The van der Waals surface area contributed by atoms with Crippen LogP contribution >= 0.6 is 23.8 Å². The summed E-state index contributed by atoms with van der Waals surface area (Å²) >= 11 is 11.1. The minimum absolute atomic E-state index is 0.486. The maximum atomic E-state index is 5.96. The number of halogens is 1. The Hall–Kier alpha value is -1.91. The molecule has 0 bridgehead atoms. The molecule has 0 spiro atoms. The molecule has 0 aliphatic heterocycles. The van der Waals surface area contributed by atoms with Crippen molar-refractivity contribution in [2.75, 3.05) is 0 Å². The van der Waals surface area contributed by atoms with Gasteiger partial charge in [0.2, 0.25) is 0 Å². The second-order valence-electron chi connectivity index (χ2n) is 4.49. The molecule has 5 heteroatoms. The lowest BCUT2D eigenvalue weighted by atomic mass is 10.1. The van der Waals surface area contributed by atoms with Gasteiger partial charge in [0.1, 0.15) is 0 Å². The molecule has 0 fully saturated rings. The van der Waals surface area contributed by atoms with Gasteiger partial charge in [-0.15, -0.1) is 0 Å². The van der Waals surface area contributed by atoms with Gasteiger partial charge in [-0.1, -0.05) is 54.1 Å². The van der Waals surface area contributed by atoms with Crippen LogP contribution in [0.5, 0.6) is 0 Å². The van der Waals surface area contributed by atoms with Crippen molar-refractivity contribution in [2.24, 2.45) is 5.10 Å². The van der Waals surface area contributed by atoms with E-state index in [1.54, 1.807) is 0 Å². The number of rotatable bonds is 4. The summed E-state index contributed by atoms with van der Waals surface area (Å²) in [6.07, 6.45) is 0. The van der Waals surface area contributed by atoms with E-state index in [0.29, 0.717) is 16.7 Å². The Labute approximate surface area is 135 Å². The summed E-state index contributed by atoms with van der Waals surface area (Å²) in [4.78, 5) is 0. The molecule has 0 aliphatic rings. The Morgan fingerprint density at radius 1 is 1.14 bits per heavy atom. The average Bonchev–Trinajstić information content (AvgIpc) is 2.51. The van der Waals surface area contributed by atoms with Crippen LogP contribution in [-0.2, 0) is 6.54 Å². The number of benzene rings is 2. The van der Waals surface area contributed by atoms with Crippen molar-refractivity contribution < 1.29 is 0 Å². The van der Waals surface area contributed by atoms with E-state index in [-0.39, 0.29) is 0 Å². The van der Waals surface area contributed by atoms with Gasteiger partial charge in [0.15, 0.2) is 5.11 Å². The SMILES string of the molecule is C/C(=N/NC(=S)NCc1ccccc1)c1cccc(Cl)c1. The molecule has 108 valence electrons. The largest absolute Gasteiger partial charge is 0.357 e. The Kier molecular flexibility index (Phi) is 5.72. The number of hydrazone groups is 1. The predicted molar refractivity (Wildman–Crippen MR) is 92.7 cm³/mol. The van der Waals surface area contributed by atoms with Crippen LogP contribution in [0.1, 0.15) is 18.1 Å². The summed E-state index contributed by atoms with van der Waals surface area (Å²) in [5.74, 6) is 0. The molecule has 0 unspecified atom stereocenters. The first-order valence-electron chi connectivity index (χ1n) is 6.53. The second kappa shape index (κ2) is 7.76. The fourth-order valence-corrected chi connectivity index (χ4v) is 2.04. The molecule has 21 heavy (non-hydrogen) atoms. The van der Waals surface area contributed by atoms with Gasteiger partial charge in [-0.25, -0.2) is 0 Å². The van der Waals surface area contributed by atoms with Crippen LogP contribution in [0.15, 0.2) is 59.7 Å². The lowest BCUT2D eigenvalue weighted by molar-refractivity contribution is 0.866. The van der Waals surface area contributed by atoms with E-state index >= 15 is 0 Å². The number of nitrogens with one attached hydrogen (secondary N) is 2. The van der Waals surface area contributed by atoms with Crippen molar-refractivity contribution in [2.45, 2.75) is 13.5 Å². The number of nitrogens with zero attached hydrogens (tertiary/aromatic N) is 1. The molecule has 2 aromatic rings. The second-order valence-corrected chi connectivity index (χ2v) is 5.33. The zero-order valence-corrected chi connectivity index (χ0v) is 13.2. The van der Waals surface area contributed by atoms with Gasteiger partial charge in [0.05, 0.1) is 5.71 Å². The Balaban J connectivity index is 1.87. The number of hydrogen-bond acceptors (Lipinski definition) is 2. The first-order valence-corrected chi connectivity index (χ1v) is 7.32. The fourth-order valence-electron chi connectivity index (χ4n) is 1.73. The summed E-state index contributed by atoms with van der Waals surface area (Å²) in [6.45, 7) is 2.57. The van der Waals surface area contributed by atoms with Crippen LogP contribution in [0.2, 0.25) is 5.02 Å². The highest BCUT2D eigenvalue weighted by molar-refractivity contribution is 7.80. The zero-order valence-electron chi connectivity index (χ0n) is 11.6. The van der Waals surface area contributed by atoms with Gasteiger partial charge in [0, 0.05) is 11.6 Å². The molecule has 3 nitrogen and oxygen atoms in total. The van der Waals surface area contributed by atoms with E-state index in [0.717, 1.165) is 16.8 Å². The first kappa shape index (κ1) is 15.5. The maximum absolute atomic E-state index is 5.96. The molecular formula is C16H16ClN3S. The van der Waals surface area contributed by atoms with E-state index in [1.165, 1.54) is 0 Å². The summed E-state index contributed by atoms with van der Waals surface area (Å²) in [7, 11) is 0. The van der Waals surface area contributed by atoms with Gasteiger partial charge < -0.3 is 5.32 Å². The summed E-state index contributed by atoms with van der Waals surface area (Å²) in [5.41, 5.74) is 5.78. The monoisotopic (exact) mass is 317 g/mol. The Morgan fingerprint density at radius 3 is 2.62 bits per heavy atom. The molecule has 0 aliphatic carbocycles. The van der Waals surface area contributed by atoms with Crippen molar-refractivity contribution >= 4 is 34.6 Å². The first-order chi connectivity index (χ1) is 10.1. The summed E-state index contributed by atoms with van der Waals surface area (Å²) in [6, 6.07) is 17.6. The van der Waals surface area contributed by atoms with Crippen molar-refractivity contribution in [3.8, 4) is 0 Å². The molecular weight excluding hydrogens is 302 g/mol. The average molecular weight is 318 g/mol. The number of thiocarbonyl (C=S) groups is 1. The van der Waals surface area contributed by atoms with Crippen molar-refractivity contribution in [1.82, 2.24) is 10.7 Å². The lowest BCUT2D eigenvalue weighted by Gasteiger charge is -2.08. The minimum Gasteiger partial charge on any atom is -0.357 e. The zero-order chi connectivity index (χ0) is 15.1. The summed E-state index contributed by atoms with van der Waals surface area (Å²) in [5, 5.41) is 8.53. The van der Waals surface area contributed by atoms with Crippen LogP contribution in [0.3, 0.4) is 0 Å². The molecule has 2 N–H and O–H groups in total. The van der Waals surface area contributed by atoms with Gasteiger partial charge in [-0.2, -0.15) is 5.10 Å². The smallest absolute Gasteiger partial charge is 0.187 e. The molecule has 0 saturated carbocycles. The third-order valence-electron chi connectivity index (χ3n) is 2.86. The molecule has 0 atom stereocenters. The van der Waals surface area contributed by atoms with Crippen LogP contribution in [-0.4, -0.2) is 10.8 Å². The van der Waals surface area contributed by atoms with Crippen molar-refractivity contribution in [3.05, 3.63) is 70.7 Å². The van der Waals surface area contributed by atoms with Crippen LogP contribution in [0, 0.1) is 0 Å². The maximum Gasteiger partial charge on any atom is 0.187 e.